The molecule has 6 nitrogen and oxygen atoms in total. The lowest BCUT2D eigenvalue weighted by molar-refractivity contribution is 0.112. The predicted octanol–water partition coefficient (Wildman–Crippen LogP) is 2.03. The first-order valence-electron chi connectivity index (χ1n) is 5.62. The zero-order valence-electron chi connectivity index (χ0n) is 10.3. The maximum Gasteiger partial charge on any atom is 0.313 e. The van der Waals surface area contributed by atoms with Gasteiger partial charge in [0.2, 0.25) is 0 Å². The van der Waals surface area contributed by atoms with Gasteiger partial charge in [0, 0.05) is 16.6 Å². The highest BCUT2D eigenvalue weighted by Gasteiger charge is 2.17. The summed E-state index contributed by atoms with van der Waals surface area (Å²) in [5.41, 5.74) is 0.811. The molecule has 2 aromatic heterocycles. The van der Waals surface area contributed by atoms with Crippen LogP contribution in [0.5, 0.6) is 0 Å². The van der Waals surface area contributed by atoms with E-state index in [1.807, 2.05) is 13.0 Å². The Balaban J connectivity index is 2.39. The van der Waals surface area contributed by atoms with Crippen LogP contribution >= 0.6 is 11.3 Å². The lowest BCUT2D eigenvalue weighted by Gasteiger charge is -1.97. The van der Waals surface area contributed by atoms with Gasteiger partial charge in [-0.25, -0.2) is 0 Å². The molecular weight excluding hydrogens is 278 g/mol. The molecule has 0 unspecified atom stereocenters. The fourth-order valence-electron chi connectivity index (χ4n) is 1.97. The number of rotatable bonds is 2. The molecule has 3 rings (SSSR count). The molecule has 1 aromatic carbocycles. The van der Waals surface area contributed by atoms with Crippen LogP contribution in [0.1, 0.15) is 20.8 Å². The first-order chi connectivity index (χ1) is 9.63. The van der Waals surface area contributed by atoms with Crippen molar-refractivity contribution in [3.8, 4) is 11.9 Å². The second kappa shape index (κ2) is 4.43. The number of fused-ring (bicyclic) bond motifs is 1. The quantitative estimate of drug-likeness (QED) is 0.672. The monoisotopic (exact) mass is 285 g/mol. The van der Waals surface area contributed by atoms with Crippen molar-refractivity contribution in [2.45, 2.75) is 6.92 Å². The summed E-state index contributed by atoms with van der Waals surface area (Å²) in [4.78, 5) is 23.4. The minimum absolute atomic E-state index is 0.201. The first-order valence-corrected chi connectivity index (χ1v) is 6.44. The molecular formula is C13H7N3O3S. The number of nitrogens with zero attached hydrogens (tertiary/aromatic N) is 3. The van der Waals surface area contributed by atoms with Gasteiger partial charge in [-0.2, -0.15) is 5.26 Å². The summed E-state index contributed by atoms with van der Waals surface area (Å²) in [5, 5.41) is 13.4. The first kappa shape index (κ1) is 12.3. The van der Waals surface area contributed by atoms with Gasteiger partial charge in [0.25, 0.3) is 0 Å². The average molecular weight is 285 g/mol. The molecule has 0 saturated heterocycles. The average Bonchev–Trinajstić information content (AvgIpc) is 3.00. The fraction of sp³-hybridized carbons (Fsp3) is 0.0769. The lowest BCUT2D eigenvalue weighted by Crippen LogP contribution is -2.09. The fourth-order valence-corrected chi connectivity index (χ4v) is 2.64. The zero-order chi connectivity index (χ0) is 14.3. The summed E-state index contributed by atoms with van der Waals surface area (Å²) in [6.45, 7) is 1.81. The van der Waals surface area contributed by atoms with Crippen LogP contribution in [0, 0.1) is 18.3 Å². The van der Waals surface area contributed by atoms with Gasteiger partial charge in [0.1, 0.15) is 12.4 Å². The molecule has 0 saturated carbocycles. The molecule has 0 bridgehead atoms. The Labute approximate surface area is 116 Å². The van der Waals surface area contributed by atoms with Crippen LogP contribution in [-0.4, -0.2) is 16.0 Å². The molecule has 0 N–H and O–H groups in total. The normalized spacial score (nSPS) is 10.6. The van der Waals surface area contributed by atoms with Crippen molar-refractivity contribution in [3.05, 3.63) is 44.0 Å². The van der Waals surface area contributed by atoms with E-state index in [4.69, 9.17) is 9.78 Å². The summed E-state index contributed by atoms with van der Waals surface area (Å²) < 4.78 is 6.49. The van der Waals surface area contributed by atoms with E-state index >= 15 is 0 Å². The van der Waals surface area contributed by atoms with Crippen LogP contribution in [0.3, 0.4) is 0 Å². The second-order valence-electron chi connectivity index (χ2n) is 4.16. The maximum atomic E-state index is 11.9. The van der Waals surface area contributed by atoms with E-state index in [-0.39, 0.29) is 21.8 Å². The van der Waals surface area contributed by atoms with Crippen molar-refractivity contribution < 1.29 is 9.32 Å². The van der Waals surface area contributed by atoms with Gasteiger partial charge >= 0.3 is 4.87 Å². The van der Waals surface area contributed by atoms with Crippen molar-refractivity contribution in [1.29, 1.82) is 5.26 Å². The van der Waals surface area contributed by atoms with Crippen LogP contribution in [0.2, 0.25) is 0 Å². The number of thiazole rings is 1. The van der Waals surface area contributed by atoms with E-state index in [0.717, 1.165) is 16.2 Å². The van der Waals surface area contributed by atoms with Crippen LogP contribution in [0.4, 0.5) is 0 Å². The topological polar surface area (TPSA) is 88.9 Å². The van der Waals surface area contributed by atoms with E-state index in [2.05, 4.69) is 5.16 Å². The minimum Gasteiger partial charge on any atom is -0.353 e. The highest BCUT2D eigenvalue weighted by atomic mass is 32.1. The molecule has 7 heteroatoms. The smallest absolute Gasteiger partial charge is 0.313 e. The Hall–Kier alpha value is -2.72. The Bertz CT molecular complexity index is 927. The van der Waals surface area contributed by atoms with E-state index in [9.17, 15) is 9.59 Å². The molecule has 0 atom stereocenters. The Morgan fingerprint density at radius 3 is 2.90 bits per heavy atom. The van der Waals surface area contributed by atoms with Crippen LogP contribution in [0.25, 0.3) is 16.8 Å². The molecule has 20 heavy (non-hydrogen) atoms. The Morgan fingerprint density at radius 1 is 1.50 bits per heavy atom. The van der Waals surface area contributed by atoms with Gasteiger partial charge in [-0.05, 0) is 19.1 Å². The number of carbonyl (C=O) groups is 1. The van der Waals surface area contributed by atoms with Gasteiger partial charge < -0.3 is 4.52 Å². The highest BCUT2D eigenvalue weighted by Crippen LogP contribution is 2.26. The molecule has 0 spiro atoms. The van der Waals surface area contributed by atoms with Gasteiger partial charge in [0.15, 0.2) is 11.4 Å². The van der Waals surface area contributed by atoms with Crippen LogP contribution in [0.15, 0.2) is 27.6 Å². The van der Waals surface area contributed by atoms with Crippen LogP contribution < -0.4 is 4.87 Å². The molecule has 98 valence electrons. The van der Waals surface area contributed by atoms with Crippen molar-refractivity contribution in [1.82, 2.24) is 9.72 Å². The molecule has 0 aliphatic heterocycles. The predicted molar refractivity (Wildman–Crippen MR) is 72.3 cm³/mol. The SMILES string of the molecule is Cc1cn(-c2noc3c(C#N)cc(C=O)cc23)c(=O)s1. The zero-order valence-corrected chi connectivity index (χ0v) is 11.1. The Morgan fingerprint density at radius 2 is 2.30 bits per heavy atom. The molecule has 0 amide bonds. The van der Waals surface area contributed by atoms with Gasteiger partial charge in [-0.15, -0.1) is 0 Å². The van der Waals surface area contributed by atoms with Gasteiger partial charge in [0.05, 0.1) is 10.9 Å². The van der Waals surface area contributed by atoms with E-state index in [0.29, 0.717) is 17.2 Å². The largest absolute Gasteiger partial charge is 0.353 e. The third kappa shape index (κ3) is 1.74. The number of carbonyl (C=O) groups excluding carboxylic acids is 1. The standard InChI is InChI=1S/C13H7N3O3S/c1-7-5-16(13(18)20-7)12-10-3-8(6-17)2-9(4-14)11(10)19-15-12/h2-3,5-6H,1H3. The molecule has 2 heterocycles. The maximum absolute atomic E-state index is 11.9. The number of aromatic nitrogens is 2. The molecule has 0 fully saturated rings. The van der Waals surface area contributed by atoms with Gasteiger partial charge in [-0.3, -0.25) is 14.2 Å². The number of aldehydes is 1. The number of hydrogen-bond donors (Lipinski definition) is 0. The van der Waals surface area contributed by atoms with Gasteiger partial charge in [-0.1, -0.05) is 16.5 Å². The number of benzene rings is 1. The number of nitriles is 1. The third-order valence-corrected chi connectivity index (χ3v) is 3.61. The van der Waals surface area contributed by atoms with E-state index < -0.39 is 0 Å². The van der Waals surface area contributed by atoms with Crippen molar-refractivity contribution in [2.24, 2.45) is 0 Å². The molecule has 3 aromatic rings. The summed E-state index contributed by atoms with van der Waals surface area (Å²) in [7, 11) is 0. The Kier molecular flexibility index (Phi) is 2.73. The summed E-state index contributed by atoms with van der Waals surface area (Å²) in [5.74, 6) is 0.287. The highest BCUT2D eigenvalue weighted by molar-refractivity contribution is 7.09. The lowest BCUT2D eigenvalue weighted by atomic mass is 10.1. The molecule has 0 aliphatic carbocycles. The van der Waals surface area contributed by atoms with Crippen molar-refractivity contribution in [3.63, 3.8) is 0 Å². The van der Waals surface area contributed by atoms with Crippen LogP contribution in [-0.2, 0) is 0 Å². The summed E-state index contributed by atoms with van der Waals surface area (Å²) in [6.07, 6.45) is 2.28. The minimum atomic E-state index is -0.201. The van der Waals surface area contributed by atoms with E-state index in [1.165, 1.54) is 10.6 Å². The molecule has 0 aliphatic rings. The van der Waals surface area contributed by atoms with E-state index in [1.54, 1.807) is 12.3 Å². The third-order valence-electron chi connectivity index (χ3n) is 2.82. The second-order valence-corrected chi connectivity index (χ2v) is 5.36. The summed E-state index contributed by atoms with van der Waals surface area (Å²) in [6, 6.07) is 4.92. The molecule has 0 radical (unpaired) electrons. The van der Waals surface area contributed by atoms with Crippen molar-refractivity contribution in [2.75, 3.05) is 0 Å². The summed E-state index contributed by atoms with van der Waals surface area (Å²) >= 11 is 1.09. The number of hydrogen-bond acceptors (Lipinski definition) is 6. The number of aryl methyl sites for hydroxylation is 1. The van der Waals surface area contributed by atoms with Crippen molar-refractivity contribution >= 4 is 28.6 Å².